The van der Waals surface area contributed by atoms with E-state index in [-0.39, 0.29) is 5.89 Å². The molecule has 0 aliphatic carbocycles. The van der Waals surface area contributed by atoms with Crippen LogP contribution in [0.3, 0.4) is 0 Å². The largest absolute Gasteiger partial charge is 0.382 e. The van der Waals surface area contributed by atoms with Crippen molar-refractivity contribution in [2.75, 3.05) is 5.73 Å². The quantitative estimate of drug-likeness (QED) is 0.617. The number of aryl methyl sites for hydroxylation is 1. The highest BCUT2D eigenvalue weighted by Crippen LogP contribution is 2.26. The van der Waals surface area contributed by atoms with Gasteiger partial charge in [-0.2, -0.15) is 9.67 Å². The molecule has 0 atom stereocenters. The molecular formula is C16H13N7O. The predicted octanol–water partition coefficient (Wildman–Crippen LogP) is 2.27. The van der Waals surface area contributed by atoms with Crippen LogP contribution in [0, 0.1) is 6.92 Å². The topological polar surface area (TPSA) is 109 Å². The standard InChI is InChI=1S/C16H13N7O/c1-10-4-6-12(7-5-10)23-14(17)13(20-22-23)16-19-15(21-24-16)11-3-2-8-18-9-11/h2-9H,17H2,1H3. The molecule has 0 unspecified atom stereocenters. The molecule has 24 heavy (non-hydrogen) atoms. The van der Waals surface area contributed by atoms with Crippen LogP contribution >= 0.6 is 0 Å². The third-order valence-corrected chi connectivity index (χ3v) is 3.53. The molecule has 0 aliphatic heterocycles. The van der Waals surface area contributed by atoms with Gasteiger partial charge in [0.2, 0.25) is 5.82 Å². The van der Waals surface area contributed by atoms with E-state index in [1.165, 1.54) is 4.68 Å². The van der Waals surface area contributed by atoms with Crippen molar-refractivity contribution in [3.8, 4) is 28.7 Å². The lowest BCUT2D eigenvalue weighted by molar-refractivity contribution is 0.431. The monoisotopic (exact) mass is 319 g/mol. The lowest BCUT2D eigenvalue weighted by atomic mass is 10.2. The number of nitrogen functional groups attached to an aromatic ring is 1. The molecule has 0 aliphatic rings. The summed E-state index contributed by atoms with van der Waals surface area (Å²) in [5, 5.41) is 12.1. The number of hydrogen-bond donors (Lipinski definition) is 1. The van der Waals surface area contributed by atoms with Crippen molar-refractivity contribution in [2.24, 2.45) is 0 Å². The van der Waals surface area contributed by atoms with Crippen LogP contribution in [0.1, 0.15) is 5.56 Å². The van der Waals surface area contributed by atoms with E-state index in [1.807, 2.05) is 37.3 Å². The molecule has 4 rings (SSSR count). The third kappa shape index (κ3) is 2.39. The SMILES string of the molecule is Cc1ccc(-n2nnc(-c3nc(-c4cccnc4)no3)c2N)cc1. The first-order valence-electron chi connectivity index (χ1n) is 7.25. The van der Waals surface area contributed by atoms with Crippen LogP contribution < -0.4 is 5.73 Å². The van der Waals surface area contributed by atoms with E-state index in [0.717, 1.165) is 16.8 Å². The summed E-state index contributed by atoms with van der Waals surface area (Å²) < 4.78 is 6.80. The second-order valence-corrected chi connectivity index (χ2v) is 5.24. The zero-order chi connectivity index (χ0) is 16.5. The van der Waals surface area contributed by atoms with Crippen molar-refractivity contribution in [1.82, 2.24) is 30.1 Å². The predicted molar refractivity (Wildman–Crippen MR) is 87.0 cm³/mol. The minimum atomic E-state index is 0.213. The van der Waals surface area contributed by atoms with Crippen LogP contribution in [-0.4, -0.2) is 30.1 Å². The number of hydrogen-bond acceptors (Lipinski definition) is 7. The van der Waals surface area contributed by atoms with Gasteiger partial charge >= 0.3 is 0 Å². The number of anilines is 1. The Morgan fingerprint density at radius 2 is 1.96 bits per heavy atom. The molecule has 8 nitrogen and oxygen atoms in total. The van der Waals surface area contributed by atoms with Gasteiger partial charge in [-0.1, -0.05) is 28.1 Å². The molecule has 0 fully saturated rings. The molecule has 8 heteroatoms. The average Bonchev–Trinajstić information content (AvgIpc) is 3.23. The summed E-state index contributed by atoms with van der Waals surface area (Å²) >= 11 is 0. The van der Waals surface area contributed by atoms with Crippen molar-refractivity contribution in [1.29, 1.82) is 0 Å². The second-order valence-electron chi connectivity index (χ2n) is 5.24. The molecular weight excluding hydrogens is 306 g/mol. The zero-order valence-corrected chi connectivity index (χ0v) is 12.8. The average molecular weight is 319 g/mol. The van der Waals surface area contributed by atoms with Gasteiger partial charge < -0.3 is 10.3 Å². The van der Waals surface area contributed by atoms with E-state index >= 15 is 0 Å². The van der Waals surface area contributed by atoms with Crippen LogP contribution in [0.4, 0.5) is 5.82 Å². The first-order valence-corrected chi connectivity index (χ1v) is 7.25. The van der Waals surface area contributed by atoms with E-state index in [0.29, 0.717) is 17.3 Å². The van der Waals surface area contributed by atoms with Gasteiger partial charge in [0.1, 0.15) is 0 Å². The Kier molecular flexibility index (Phi) is 3.27. The van der Waals surface area contributed by atoms with Crippen LogP contribution in [0.2, 0.25) is 0 Å². The maximum Gasteiger partial charge on any atom is 0.282 e. The Balaban J connectivity index is 1.71. The van der Waals surface area contributed by atoms with Gasteiger partial charge in [-0.3, -0.25) is 4.98 Å². The van der Waals surface area contributed by atoms with Crippen molar-refractivity contribution < 1.29 is 4.52 Å². The summed E-state index contributed by atoms with van der Waals surface area (Å²) in [7, 11) is 0. The number of nitrogens with two attached hydrogens (primary N) is 1. The summed E-state index contributed by atoms with van der Waals surface area (Å²) in [6.45, 7) is 2.01. The van der Waals surface area contributed by atoms with Gasteiger partial charge in [-0.25, -0.2) is 0 Å². The Bertz CT molecular complexity index is 973. The van der Waals surface area contributed by atoms with Gasteiger partial charge in [-0.15, -0.1) is 5.10 Å². The summed E-state index contributed by atoms with van der Waals surface area (Å²) in [5.41, 5.74) is 9.20. The van der Waals surface area contributed by atoms with Crippen molar-refractivity contribution >= 4 is 5.82 Å². The lowest BCUT2D eigenvalue weighted by Crippen LogP contribution is -2.02. The van der Waals surface area contributed by atoms with Crippen LogP contribution in [0.15, 0.2) is 53.3 Å². The normalized spacial score (nSPS) is 10.9. The molecule has 118 valence electrons. The Morgan fingerprint density at radius 1 is 1.12 bits per heavy atom. The van der Waals surface area contributed by atoms with Crippen molar-refractivity contribution in [3.05, 3.63) is 54.4 Å². The summed E-state index contributed by atoms with van der Waals surface area (Å²) in [4.78, 5) is 8.35. The maximum absolute atomic E-state index is 6.15. The fourth-order valence-electron chi connectivity index (χ4n) is 2.25. The minimum Gasteiger partial charge on any atom is -0.382 e. The molecule has 0 radical (unpaired) electrons. The smallest absolute Gasteiger partial charge is 0.282 e. The number of benzene rings is 1. The molecule has 1 aromatic carbocycles. The summed E-state index contributed by atoms with van der Waals surface area (Å²) in [5.74, 6) is 0.965. The Morgan fingerprint density at radius 3 is 2.71 bits per heavy atom. The molecule has 4 aromatic rings. The number of pyridine rings is 1. The molecule has 0 bridgehead atoms. The maximum atomic E-state index is 6.15. The highest BCUT2D eigenvalue weighted by atomic mass is 16.5. The summed E-state index contributed by atoms with van der Waals surface area (Å²) in [6.07, 6.45) is 3.33. The third-order valence-electron chi connectivity index (χ3n) is 3.53. The first kappa shape index (κ1) is 14.1. The highest BCUT2D eigenvalue weighted by Gasteiger charge is 2.19. The lowest BCUT2D eigenvalue weighted by Gasteiger charge is -2.02. The van der Waals surface area contributed by atoms with Crippen molar-refractivity contribution in [2.45, 2.75) is 6.92 Å². The van der Waals surface area contributed by atoms with Crippen molar-refractivity contribution in [3.63, 3.8) is 0 Å². The molecule has 0 spiro atoms. The van der Waals surface area contributed by atoms with E-state index < -0.39 is 0 Å². The van der Waals surface area contributed by atoms with Crippen LogP contribution in [0.25, 0.3) is 28.7 Å². The molecule has 0 saturated carbocycles. The van der Waals surface area contributed by atoms with Gasteiger partial charge in [0.05, 0.1) is 5.69 Å². The molecule has 0 amide bonds. The van der Waals surface area contributed by atoms with E-state index in [2.05, 4.69) is 25.4 Å². The minimum absolute atomic E-state index is 0.213. The molecule has 3 heterocycles. The van der Waals surface area contributed by atoms with Gasteiger partial charge in [0, 0.05) is 18.0 Å². The molecule has 0 saturated heterocycles. The summed E-state index contributed by atoms with van der Waals surface area (Å²) in [6, 6.07) is 11.4. The molecule has 2 N–H and O–H groups in total. The van der Waals surface area contributed by atoms with Gasteiger partial charge in [-0.05, 0) is 31.2 Å². The zero-order valence-electron chi connectivity index (χ0n) is 12.8. The fraction of sp³-hybridized carbons (Fsp3) is 0.0625. The van der Waals surface area contributed by atoms with E-state index in [1.54, 1.807) is 18.5 Å². The van der Waals surface area contributed by atoms with Gasteiger partial charge in [0.15, 0.2) is 11.5 Å². The van der Waals surface area contributed by atoms with E-state index in [9.17, 15) is 0 Å². The fourth-order valence-corrected chi connectivity index (χ4v) is 2.25. The van der Waals surface area contributed by atoms with E-state index in [4.69, 9.17) is 10.3 Å². The van der Waals surface area contributed by atoms with Crippen LogP contribution in [-0.2, 0) is 0 Å². The number of rotatable bonds is 3. The Labute approximate surface area is 137 Å². The highest BCUT2D eigenvalue weighted by molar-refractivity contribution is 5.66. The first-order chi connectivity index (χ1) is 11.7. The Hall–Kier alpha value is -3.55. The number of aromatic nitrogens is 6. The van der Waals surface area contributed by atoms with Gasteiger partial charge in [0.25, 0.3) is 5.89 Å². The second kappa shape index (κ2) is 5.58. The number of nitrogens with zero attached hydrogens (tertiary/aromatic N) is 6. The van der Waals surface area contributed by atoms with Crippen LogP contribution in [0.5, 0.6) is 0 Å². The molecule has 3 aromatic heterocycles.